The van der Waals surface area contributed by atoms with Gasteiger partial charge in [-0.05, 0) is 29.2 Å². The molecule has 102 valence electrons. The molecule has 20 heavy (non-hydrogen) atoms. The lowest BCUT2D eigenvalue weighted by Crippen LogP contribution is -2.04. The van der Waals surface area contributed by atoms with Gasteiger partial charge in [0.25, 0.3) is 0 Å². The molecule has 2 aromatic rings. The fourth-order valence-corrected chi connectivity index (χ4v) is 2.08. The van der Waals surface area contributed by atoms with E-state index in [2.05, 4.69) is 24.9 Å². The fourth-order valence-electron chi connectivity index (χ4n) is 2.08. The van der Waals surface area contributed by atoms with Gasteiger partial charge in [0, 0.05) is 18.3 Å². The van der Waals surface area contributed by atoms with Crippen molar-refractivity contribution >= 4 is 0 Å². The highest BCUT2D eigenvalue weighted by atomic mass is 16.3. The molecule has 1 aromatic heterocycles. The van der Waals surface area contributed by atoms with E-state index in [1.165, 1.54) is 5.56 Å². The second-order valence-corrected chi connectivity index (χ2v) is 5.19. The molecule has 0 bridgehead atoms. The molecule has 0 spiro atoms. The van der Waals surface area contributed by atoms with E-state index in [1.807, 2.05) is 24.3 Å². The molecular weight excluding hydrogens is 248 g/mol. The van der Waals surface area contributed by atoms with Gasteiger partial charge >= 0.3 is 0 Å². The molecule has 1 atom stereocenters. The van der Waals surface area contributed by atoms with Crippen LogP contribution in [0, 0.1) is 11.3 Å². The van der Waals surface area contributed by atoms with Gasteiger partial charge in [-0.2, -0.15) is 5.26 Å². The third-order valence-corrected chi connectivity index (χ3v) is 3.34. The highest BCUT2D eigenvalue weighted by Crippen LogP contribution is 2.21. The van der Waals surface area contributed by atoms with Gasteiger partial charge in [-0.3, -0.25) is 4.98 Å². The number of rotatable bonds is 4. The van der Waals surface area contributed by atoms with Gasteiger partial charge in [-0.15, -0.1) is 0 Å². The van der Waals surface area contributed by atoms with Crippen LogP contribution in [0.2, 0.25) is 0 Å². The maximum Gasteiger partial charge on any atom is 0.0992 e. The van der Waals surface area contributed by atoms with Crippen molar-refractivity contribution < 1.29 is 5.11 Å². The van der Waals surface area contributed by atoms with E-state index in [9.17, 15) is 5.11 Å². The van der Waals surface area contributed by atoms with Gasteiger partial charge in [0.1, 0.15) is 0 Å². The van der Waals surface area contributed by atoms with Crippen molar-refractivity contribution in [2.45, 2.75) is 32.3 Å². The van der Waals surface area contributed by atoms with Crippen LogP contribution in [0.1, 0.15) is 48.3 Å². The van der Waals surface area contributed by atoms with Crippen LogP contribution in [-0.2, 0) is 6.42 Å². The van der Waals surface area contributed by atoms with Crippen LogP contribution in [0.3, 0.4) is 0 Å². The van der Waals surface area contributed by atoms with E-state index in [4.69, 9.17) is 5.26 Å². The lowest BCUT2D eigenvalue weighted by atomic mass is 9.98. The van der Waals surface area contributed by atoms with Gasteiger partial charge in [-0.25, -0.2) is 0 Å². The number of aromatic nitrogens is 1. The molecule has 1 unspecified atom stereocenters. The Hall–Kier alpha value is -2.18. The number of nitriles is 1. The topological polar surface area (TPSA) is 56.9 Å². The summed E-state index contributed by atoms with van der Waals surface area (Å²) in [6.07, 6.45) is 1.41. The molecule has 2 rings (SSSR count). The fraction of sp³-hybridized carbons (Fsp3) is 0.294. The maximum atomic E-state index is 10.2. The van der Waals surface area contributed by atoms with Gasteiger partial charge < -0.3 is 5.11 Å². The molecule has 0 aliphatic heterocycles. The number of aliphatic hydroxyl groups is 1. The number of nitrogens with zero attached hydrogens (tertiary/aromatic N) is 2. The summed E-state index contributed by atoms with van der Waals surface area (Å²) in [5.41, 5.74) is 3.42. The number of hydrogen-bond acceptors (Lipinski definition) is 3. The Morgan fingerprint density at radius 1 is 1.15 bits per heavy atom. The van der Waals surface area contributed by atoms with Crippen LogP contribution in [0.4, 0.5) is 0 Å². The third kappa shape index (κ3) is 3.43. The number of hydrogen-bond donors (Lipinski definition) is 1. The number of pyridine rings is 1. The van der Waals surface area contributed by atoms with Gasteiger partial charge in [-0.1, -0.05) is 38.1 Å². The SMILES string of the molecule is CC(C)c1ccc(C(O)Cc2cc(C#N)ccn2)cc1. The maximum absolute atomic E-state index is 10.2. The molecule has 0 saturated heterocycles. The van der Waals surface area contributed by atoms with Crippen LogP contribution in [0.5, 0.6) is 0 Å². The zero-order chi connectivity index (χ0) is 14.5. The van der Waals surface area contributed by atoms with E-state index in [-0.39, 0.29) is 0 Å². The van der Waals surface area contributed by atoms with Crippen molar-refractivity contribution in [3.63, 3.8) is 0 Å². The summed E-state index contributed by atoms with van der Waals surface area (Å²) in [6.45, 7) is 4.28. The summed E-state index contributed by atoms with van der Waals surface area (Å²) >= 11 is 0. The summed E-state index contributed by atoms with van der Waals surface area (Å²) in [4.78, 5) is 4.19. The molecule has 3 heteroatoms. The lowest BCUT2D eigenvalue weighted by molar-refractivity contribution is 0.177. The summed E-state index contributed by atoms with van der Waals surface area (Å²) in [6, 6.07) is 13.4. The molecule has 0 aliphatic carbocycles. The highest BCUT2D eigenvalue weighted by Gasteiger charge is 2.10. The Morgan fingerprint density at radius 2 is 1.80 bits per heavy atom. The molecule has 1 aromatic carbocycles. The van der Waals surface area contributed by atoms with Crippen LogP contribution in [0.15, 0.2) is 42.6 Å². The third-order valence-electron chi connectivity index (χ3n) is 3.34. The molecule has 0 fully saturated rings. The van der Waals surface area contributed by atoms with Crippen LogP contribution < -0.4 is 0 Å². The molecule has 0 saturated carbocycles. The molecule has 1 heterocycles. The highest BCUT2D eigenvalue weighted by molar-refractivity contribution is 5.30. The molecule has 0 aliphatic rings. The first kappa shape index (κ1) is 14.2. The van der Waals surface area contributed by atoms with E-state index < -0.39 is 6.10 Å². The van der Waals surface area contributed by atoms with Gasteiger partial charge in [0.05, 0.1) is 17.7 Å². The minimum Gasteiger partial charge on any atom is -0.388 e. The Morgan fingerprint density at radius 3 is 2.40 bits per heavy atom. The Kier molecular flexibility index (Phi) is 4.49. The van der Waals surface area contributed by atoms with E-state index in [1.54, 1.807) is 18.3 Å². The normalized spacial score (nSPS) is 12.2. The smallest absolute Gasteiger partial charge is 0.0992 e. The van der Waals surface area contributed by atoms with Crippen LogP contribution in [0.25, 0.3) is 0 Å². The second kappa shape index (κ2) is 6.31. The monoisotopic (exact) mass is 266 g/mol. The van der Waals surface area contributed by atoms with Crippen molar-refractivity contribution in [3.05, 3.63) is 65.0 Å². The van der Waals surface area contributed by atoms with Crippen molar-refractivity contribution in [2.24, 2.45) is 0 Å². The first-order valence-electron chi connectivity index (χ1n) is 6.73. The zero-order valence-corrected chi connectivity index (χ0v) is 11.7. The average Bonchev–Trinajstić information content (AvgIpc) is 2.47. The first-order chi connectivity index (χ1) is 9.60. The summed E-state index contributed by atoms with van der Waals surface area (Å²) in [7, 11) is 0. The van der Waals surface area contributed by atoms with E-state index in [0.29, 0.717) is 17.9 Å². The van der Waals surface area contributed by atoms with E-state index >= 15 is 0 Å². The first-order valence-corrected chi connectivity index (χ1v) is 6.73. The van der Waals surface area contributed by atoms with E-state index in [0.717, 1.165) is 11.3 Å². The quantitative estimate of drug-likeness (QED) is 0.923. The zero-order valence-electron chi connectivity index (χ0n) is 11.7. The van der Waals surface area contributed by atoms with Crippen molar-refractivity contribution in [1.29, 1.82) is 5.26 Å². The van der Waals surface area contributed by atoms with Crippen LogP contribution in [-0.4, -0.2) is 10.1 Å². The minimum absolute atomic E-state index is 0.413. The molecule has 1 N–H and O–H groups in total. The van der Waals surface area contributed by atoms with Crippen molar-refractivity contribution in [3.8, 4) is 6.07 Å². The Balaban J connectivity index is 2.11. The average molecular weight is 266 g/mol. The van der Waals surface area contributed by atoms with Gasteiger partial charge in [0.2, 0.25) is 0 Å². The lowest BCUT2D eigenvalue weighted by Gasteiger charge is -2.12. The molecule has 0 amide bonds. The minimum atomic E-state index is -0.599. The Labute approximate surface area is 119 Å². The molecular formula is C17H18N2O. The predicted octanol–water partition coefficient (Wildman–Crippen LogP) is 3.35. The number of benzene rings is 1. The summed E-state index contributed by atoms with van der Waals surface area (Å²) in [5, 5.41) is 19.1. The predicted molar refractivity (Wildman–Crippen MR) is 78.1 cm³/mol. The second-order valence-electron chi connectivity index (χ2n) is 5.19. The largest absolute Gasteiger partial charge is 0.388 e. The number of aliphatic hydroxyl groups excluding tert-OH is 1. The van der Waals surface area contributed by atoms with Crippen molar-refractivity contribution in [1.82, 2.24) is 4.98 Å². The Bertz CT molecular complexity index is 612. The van der Waals surface area contributed by atoms with Crippen molar-refractivity contribution in [2.75, 3.05) is 0 Å². The summed E-state index contributed by atoms with van der Waals surface area (Å²) in [5.74, 6) is 0.482. The molecule has 3 nitrogen and oxygen atoms in total. The van der Waals surface area contributed by atoms with Crippen LogP contribution >= 0.6 is 0 Å². The van der Waals surface area contributed by atoms with Gasteiger partial charge in [0.15, 0.2) is 0 Å². The molecule has 0 radical (unpaired) electrons. The standard InChI is InChI=1S/C17H18N2O/c1-12(2)14-3-5-15(6-4-14)17(20)10-16-9-13(11-18)7-8-19-16/h3-9,12,17,20H,10H2,1-2H3. The summed E-state index contributed by atoms with van der Waals surface area (Å²) < 4.78 is 0.